The molecular weight excluding hydrogens is 270 g/mol. The summed E-state index contributed by atoms with van der Waals surface area (Å²) in [5.74, 6) is 0.991. The molecule has 6 heteroatoms. The number of hydrogen-bond donors (Lipinski definition) is 2. The van der Waals surface area contributed by atoms with E-state index in [1.165, 1.54) is 0 Å². The first kappa shape index (κ1) is 14.9. The molecule has 2 rings (SSSR count). The van der Waals surface area contributed by atoms with Crippen molar-refractivity contribution in [2.45, 2.75) is 19.9 Å². The molecule has 21 heavy (non-hydrogen) atoms. The SMILES string of the molecule is CCOc1ccc(C(=O)NC(C)c2cn[nH]c2)cc1OC. The van der Waals surface area contributed by atoms with Gasteiger partial charge in [0.2, 0.25) is 0 Å². The van der Waals surface area contributed by atoms with Crippen LogP contribution in [0.15, 0.2) is 30.6 Å². The van der Waals surface area contributed by atoms with Gasteiger partial charge in [-0.2, -0.15) is 5.10 Å². The van der Waals surface area contributed by atoms with Gasteiger partial charge in [0.1, 0.15) is 0 Å². The molecule has 1 aromatic carbocycles. The molecule has 0 fully saturated rings. The zero-order valence-electron chi connectivity index (χ0n) is 12.3. The third-order valence-corrected chi connectivity index (χ3v) is 3.09. The number of amides is 1. The number of ether oxygens (including phenoxy) is 2. The fourth-order valence-corrected chi connectivity index (χ4v) is 1.94. The van der Waals surface area contributed by atoms with E-state index in [-0.39, 0.29) is 11.9 Å². The van der Waals surface area contributed by atoms with Crippen LogP contribution in [0.4, 0.5) is 0 Å². The van der Waals surface area contributed by atoms with Crippen LogP contribution in [0, 0.1) is 0 Å². The lowest BCUT2D eigenvalue weighted by Gasteiger charge is -2.14. The summed E-state index contributed by atoms with van der Waals surface area (Å²) in [4.78, 5) is 12.2. The zero-order valence-corrected chi connectivity index (χ0v) is 12.3. The van der Waals surface area contributed by atoms with E-state index in [1.807, 2.05) is 13.8 Å². The summed E-state index contributed by atoms with van der Waals surface area (Å²) in [7, 11) is 1.55. The van der Waals surface area contributed by atoms with Crippen LogP contribution in [0.25, 0.3) is 0 Å². The number of H-pyrrole nitrogens is 1. The summed E-state index contributed by atoms with van der Waals surface area (Å²) in [5.41, 5.74) is 1.44. The maximum atomic E-state index is 12.2. The molecule has 0 aliphatic heterocycles. The van der Waals surface area contributed by atoms with E-state index < -0.39 is 0 Å². The van der Waals surface area contributed by atoms with Gasteiger partial charge in [-0.15, -0.1) is 0 Å². The normalized spacial score (nSPS) is 11.8. The van der Waals surface area contributed by atoms with Crippen molar-refractivity contribution in [2.24, 2.45) is 0 Å². The second-order valence-electron chi connectivity index (χ2n) is 4.53. The Hall–Kier alpha value is -2.50. The Kier molecular flexibility index (Phi) is 4.81. The van der Waals surface area contributed by atoms with Crippen LogP contribution >= 0.6 is 0 Å². The summed E-state index contributed by atoms with van der Waals surface area (Å²) in [6.45, 7) is 4.33. The molecule has 2 N–H and O–H groups in total. The number of carbonyl (C=O) groups excluding carboxylic acids is 1. The van der Waals surface area contributed by atoms with Crippen molar-refractivity contribution in [3.8, 4) is 11.5 Å². The molecule has 0 radical (unpaired) electrons. The first-order valence-electron chi connectivity index (χ1n) is 6.76. The van der Waals surface area contributed by atoms with Gasteiger partial charge in [-0.05, 0) is 32.0 Å². The average Bonchev–Trinajstić information content (AvgIpc) is 3.02. The third-order valence-electron chi connectivity index (χ3n) is 3.09. The lowest BCUT2D eigenvalue weighted by Crippen LogP contribution is -2.26. The Morgan fingerprint density at radius 2 is 2.24 bits per heavy atom. The van der Waals surface area contributed by atoms with Crippen molar-refractivity contribution in [3.05, 3.63) is 41.7 Å². The third kappa shape index (κ3) is 3.53. The monoisotopic (exact) mass is 289 g/mol. The van der Waals surface area contributed by atoms with Gasteiger partial charge >= 0.3 is 0 Å². The Morgan fingerprint density at radius 1 is 1.43 bits per heavy atom. The maximum Gasteiger partial charge on any atom is 0.251 e. The fraction of sp³-hybridized carbons (Fsp3) is 0.333. The van der Waals surface area contributed by atoms with Gasteiger partial charge in [-0.25, -0.2) is 0 Å². The van der Waals surface area contributed by atoms with Gasteiger partial charge < -0.3 is 14.8 Å². The number of nitrogens with one attached hydrogen (secondary N) is 2. The van der Waals surface area contributed by atoms with Crippen molar-refractivity contribution in [2.75, 3.05) is 13.7 Å². The summed E-state index contributed by atoms with van der Waals surface area (Å²) in [6.07, 6.45) is 3.44. The minimum absolute atomic E-state index is 0.131. The van der Waals surface area contributed by atoms with E-state index in [1.54, 1.807) is 37.7 Å². The topological polar surface area (TPSA) is 76.2 Å². The molecule has 2 aromatic rings. The Morgan fingerprint density at radius 3 is 2.86 bits per heavy atom. The summed E-state index contributed by atoms with van der Waals surface area (Å²) >= 11 is 0. The van der Waals surface area contributed by atoms with Crippen LogP contribution in [-0.4, -0.2) is 29.8 Å². The Bertz CT molecular complexity index is 596. The van der Waals surface area contributed by atoms with E-state index in [0.717, 1.165) is 5.56 Å². The maximum absolute atomic E-state index is 12.2. The van der Waals surface area contributed by atoms with Crippen LogP contribution in [0.2, 0.25) is 0 Å². The molecule has 0 aliphatic carbocycles. The van der Waals surface area contributed by atoms with E-state index in [0.29, 0.717) is 23.7 Å². The first-order valence-corrected chi connectivity index (χ1v) is 6.76. The lowest BCUT2D eigenvalue weighted by molar-refractivity contribution is 0.0939. The predicted molar refractivity (Wildman–Crippen MR) is 78.6 cm³/mol. The van der Waals surface area contributed by atoms with Gasteiger partial charge in [0.05, 0.1) is 26.0 Å². The number of carbonyl (C=O) groups is 1. The minimum atomic E-state index is -0.176. The molecule has 1 atom stereocenters. The standard InChI is InChI=1S/C15H19N3O3/c1-4-21-13-6-5-11(7-14(13)20-3)15(19)18-10(2)12-8-16-17-9-12/h5-10H,4H2,1-3H3,(H,16,17)(H,18,19). The molecule has 1 aromatic heterocycles. The molecular formula is C15H19N3O3. The van der Waals surface area contributed by atoms with Gasteiger partial charge in [-0.3, -0.25) is 9.89 Å². The van der Waals surface area contributed by atoms with Crippen LogP contribution in [-0.2, 0) is 0 Å². The van der Waals surface area contributed by atoms with Crippen LogP contribution in [0.3, 0.4) is 0 Å². The summed E-state index contributed by atoms with van der Waals surface area (Å²) in [5, 5.41) is 9.50. The van der Waals surface area contributed by atoms with Crippen molar-refractivity contribution in [1.82, 2.24) is 15.5 Å². The predicted octanol–water partition coefficient (Wildman–Crippen LogP) is 2.31. The number of aromatic nitrogens is 2. The van der Waals surface area contributed by atoms with Crippen LogP contribution < -0.4 is 14.8 Å². The van der Waals surface area contributed by atoms with Crippen molar-refractivity contribution >= 4 is 5.91 Å². The highest BCUT2D eigenvalue weighted by atomic mass is 16.5. The van der Waals surface area contributed by atoms with E-state index in [4.69, 9.17) is 9.47 Å². The van der Waals surface area contributed by atoms with Gasteiger partial charge in [0, 0.05) is 17.3 Å². The van der Waals surface area contributed by atoms with Gasteiger partial charge in [0.25, 0.3) is 5.91 Å². The summed E-state index contributed by atoms with van der Waals surface area (Å²) < 4.78 is 10.7. The van der Waals surface area contributed by atoms with Crippen molar-refractivity contribution in [1.29, 1.82) is 0 Å². The van der Waals surface area contributed by atoms with E-state index in [9.17, 15) is 4.79 Å². The smallest absolute Gasteiger partial charge is 0.251 e. The largest absolute Gasteiger partial charge is 0.493 e. The molecule has 6 nitrogen and oxygen atoms in total. The molecule has 0 saturated heterocycles. The fourth-order valence-electron chi connectivity index (χ4n) is 1.94. The highest BCUT2D eigenvalue weighted by Crippen LogP contribution is 2.28. The van der Waals surface area contributed by atoms with Gasteiger partial charge in [0.15, 0.2) is 11.5 Å². The molecule has 1 unspecified atom stereocenters. The Balaban J connectivity index is 2.12. The average molecular weight is 289 g/mol. The highest BCUT2D eigenvalue weighted by molar-refractivity contribution is 5.95. The molecule has 0 bridgehead atoms. The van der Waals surface area contributed by atoms with Gasteiger partial charge in [-0.1, -0.05) is 0 Å². The number of rotatable bonds is 6. The first-order chi connectivity index (χ1) is 10.2. The second kappa shape index (κ2) is 6.78. The molecule has 1 amide bonds. The number of benzene rings is 1. The highest BCUT2D eigenvalue weighted by Gasteiger charge is 2.14. The summed E-state index contributed by atoms with van der Waals surface area (Å²) in [6, 6.07) is 4.99. The lowest BCUT2D eigenvalue weighted by atomic mass is 10.1. The van der Waals surface area contributed by atoms with Crippen molar-refractivity contribution < 1.29 is 14.3 Å². The van der Waals surface area contributed by atoms with E-state index in [2.05, 4.69) is 15.5 Å². The number of methoxy groups -OCH3 is 1. The zero-order chi connectivity index (χ0) is 15.2. The molecule has 112 valence electrons. The van der Waals surface area contributed by atoms with E-state index >= 15 is 0 Å². The molecule has 1 heterocycles. The number of hydrogen-bond acceptors (Lipinski definition) is 4. The number of aromatic amines is 1. The molecule has 0 spiro atoms. The van der Waals surface area contributed by atoms with Crippen LogP contribution in [0.5, 0.6) is 11.5 Å². The quantitative estimate of drug-likeness (QED) is 0.855. The molecule has 0 saturated carbocycles. The number of nitrogens with zero attached hydrogens (tertiary/aromatic N) is 1. The minimum Gasteiger partial charge on any atom is -0.493 e. The Labute approximate surface area is 123 Å². The van der Waals surface area contributed by atoms with Crippen LogP contribution in [0.1, 0.15) is 35.8 Å². The second-order valence-corrected chi connectivity index (χ2v) is 4.53. The van der Waals surface area contributed by atoms with Crippen molar-refractivity contribution in [3.63, 3.8) is 0 Å². The molecule has 0 aliphatic rings.